The lowest BCUT2D eigenvalue weighted by Gasteiger charge is -2.40. The van der Waals surface area contributed by atoms with Crippen molar-refractivity contribution in [3.05, 3.63) is 0 Å². The highest BCUT2D eigenvalue weighted by Crippen LogP contribution is 2.46. The van der Waals surface area contributed by atoms with Gasteiger partial charge in [0, 0.05) is 0 Å². The van der Waals surface area contributed by atoms with Crippen LogP contribution in [0.1, 0.15) is 71.1 Å². The first-order valence-electron chi connectivity index (χ1n) is 8.10. The summed E-state index contributed by atoms with van der Waals surface area (Å²) in [7, 11) is -1.21. The fourth-order valence-corrected chi connectivity index (χ4v) is 4.66. The van der Waals surface area contributed by atoms with Crippen LogP contribution in [-0.2, 0) is 0 Å². The van der Waals surface area contributed by atoms with Gasteiger partial charge >= 0.3 is 7.12 Å². The van der Waals surface area contributed by atoms with Crippen molar-refractivity contribution in [2.75, 3.05) is 0 Å². The molecule has 2 aliphatic rings. The number of rotatable bonds is 4. The van der Waals surface area contributed by atoms with Gasteiger partial charge in [0.15, 0.2) is 0 Å². The highest BCUT2D eigenvalue weighted by molar-refractivity contribution is 9.10. The molecule has 19 heavy (non-hydrogen) atoms. The smallest absolute Gasteiger partial charge is 0.426 e. The maximum absolute atomic E-state index is 9.44. The molecule has 0 heterocycles. The van der Waals surface area contributed by atoms with Crippen LogP contribution < -0.4 is 0 Å². The zero-order chi connectivity index (χ0) is 13.9. The lowest BCUT2D eigenvalue weighted by atomic mass is 9.60. The molecule has 0 unspecified atom stereocenters. The van der Waals surface area contributed by atoms with Crippen molar-refractivity contribution in [2.45, 2.75) is 75.4 Å². The van der Waals surface area contributed by atoms with Gasteiger partial charge in [-0.1, -0.05) is 48.5 Å². The van der Waals surface area contributed by atoms with Crippen LogP contribution in [0.5, 0.6) is 0 Å². The van der Waals surface area contributed by atoms with E-state index in [9.17, 15) is 10.0 Å². The van der Waals surface area contributed by atoms with Gasteiger partial charge in [0.05, 0.1) is 4.22 Å². The number of hydrogen-bond acceptors (Lipinski definition) is 2. The number of hydrogen-bond donors (Lipinski definition) is 2. The fourth-order valence-electron chi connectivity index (χ4n) is 4.21. The van der Waals surface area contributed by atoms with Crippen LogP contribution in [0.3, 0.4) is 0 Å². The van der Waals surface area contributed by atoms with E-state index in [-0.39, 0.29) is 0 Å². The fraction of sp³-hybridized carbons (Fsp3) is 1.00. The molecule has 2 nitrogen and oxygen atoms in total. The van der Waals surface area contributed by atoms with Crippen molar-refractivity contribution in [1.82, 2.24) is 0 Å². The highest BCUT2D eigenvalue weighted by atomic mass is 79.9. The van der Waals surface area contributed by atoms with Crippen molar-refractivity contribution in [1.29, 1.82) is 0 Å². The molecule has 0 spiro atoms. The van der Waals surface area contributed by atoms with Crippen LogP contribution in [0.4, 0.5) is 0 Å². The van der Waals surface area contributed by atoms with E-state index in [2.05, 4.69) is 22.9 Å². The van der Waals surface area contributed by atoms with Crippen molar-refractivity contribution in [2.24, 2.45) is 17.8 Å². The molecule has 0 aromatic rings. The topological polar surface area (TPSA) is 40.5 Å². The van der Waals surface area contributed by atoms with Gasteiger partial charge in [-0.15, -0.1) is 0 Å². The first kappa shape index (κ1) is 15.8. The summed E-state index contributed by atoms with van der Waals surface area (Å²) in [4.78, 5) is 0. The van der Waals surface area contributed by atoms with E-state index < -0.39 is 11.3 Å². The average molecular weight is 331 g/mol. The summed E-state index contributed by atoms with van der Waals surface area (Å²) in [5.74, 6) is 2.72. The molecule has 0 bridgehead atoms. The maximum Gasteiger partial charge on any atom is 0.469 e. The second-order valence-corrected chi connectivity index (χ2v) is 8.39. The van der Waals surface area contributed by atoms with E-state index in [1.54, 1.807) is 0 Å². The van der Waals surface area contributed by atoms with Gasteiger partial charge in [-0.25, -0.2) is 0 Å². The summed E-state index contributed by atoms with van der Waals surface area (Å²) in [5.41, 5.74) is 0. The zero-order valence-corrected chi connectivity index (χ0v) is 13.7. The van der Waals surface area contributed by atoms with Gasteiger partial charge in [-0.3, -0.25) is 0 Å². The molecule has 0 atom stereocenters. The zero-order valence-electron chi connectivity index (χ0n) is 12.2. The molecule has 0 amide bonds. The monoisotopic (exact) mass is 330 g/mol. The van der Waals surface area contributed by atoms with Crippen LogP contribution in [0.15, 0.2) is 0 Å². The Morgan fingerprint density at radius 2 is 1.53 bits per heavy atom. The summed E-state index contributed by atoms with van der Waals surface area (Å²) < 4.78 is -0.428. The van der Waals surface area contributed by atoms with Crippen LogP contribution in [-0.4, -0.2) is 21.4 Å². The van der Waals surface area contributed by atoms with Gasteiger partial charge < -0.3 is 10.0 Å². The maximum atomic E-state index is 9.44. The Morgan fingerprint density at radius 1 is 1.00 bits per heavy atom. The Kier molecular flexibility index (Phi) is 5.80. The van der Waals surface area contributed by atoms with Gasteiger partial charge in [0.25, 0.3) is 0 Å². The van der Waals surface area contributed by atoms with Crippen LogP contribution in [0, 0.1) is 17.8 Å². The lowest BCUT2D eigenvalue weighted by Crippen LogP contribution is -2.44. The molecule has 0 aromatic carbocycles. The third-order valence-electron chi connectivity index (χ3n) is 5.58. The summed E-state index contributed by atoms with van der Waals surface area (Å²) in [6.07, 6.45) is 12.6. The minimum atomic E-state index is -1.21. The molecule has 2 saturated carbocycles. The molecule has 4 heteroatoms. The Bertz CT molecular complexity index is 269. The molecule has 2 N–H and O–H groups in total. The van der Waals surface area contributed by atoms with Gasteiger partial charge in [-0.2, -0.15) is 0 Å². The predicted molar refractivity (Wildman–Crippen MR) is 84.2 cm³/mol. The molecular weight excluding hydrogens is 303 g/mol. The molecule has 2 rings (SSSR count). The normalized spacial score (nSPS) is 40.1. The van der Waals surface area contributed by atoms with E-state index in [1.165, 1.54) is 38.5 Å². The van der Waals surface area contributed by atoms with Crippen molar-refractivity contribution in [3.8, 4) is 0 Å². The molecule has 0 radical (unpaired) electrons. The molecule has 0 aliphatic heterocycles. The third kappa shape index (κ3) is 3.98. The van der Waals surface area contributed by atoms with Crippen LogP contribution in [0.2, 0.25) is 0 Å². The molecule has 0 saturated heterocycles. The van der Waals surface area contributed by atoms with Crippen molar-refractivity contribution >= 4 is 23.0 Å². The summed E-state index contributed by atoms with van der Waals surface area (Å²) in [6, 6.07) is 0. The average Bonchev–Trinajstić information content (AvgIpc) is 2.41. The Labute approximate surface area is 126 Å². The second kappa shape index (κ2) is 6.95. The van der Waals surface area contributed by atoms with Crippen LogP contribution in [0.25, 0.3) is 0 Å². The molecular formula is C15H28BBrO2. The first-order chi connectivity index (χ1) is 9.05. The van der Waals surface area contributed by atoms with E-state index in [4.69, 9.17) is 0 Å². The van der Waals surface area contributed by atoms with Crippen molar-refractivity contribution < 1.29 is 10.0 Å². The van der Waals surface area contributed by atoms with Gasteiger partial charge in [-0.05, 0) is 56.3 Å². The Balaban J connectivity index is 1.77. The number of halogens is 1. The minimum Gasteiger partial charge on any atom is -0.426 e. The largest absolute Gasteiger partial charge is 0.469 e. The summed E-state index contributed by atoms with van der Waals surface area (Å²) >= 11 is 3.54. The SMILES string of the molecule is CCCC1CCC(C2CCC(Br)(B(O)O)CC2)CC1. The molecule has 0 aromatic heterocycles. The van der Waals surface area contributed by atoms with Gasteiger partial charge in [0.1, 0.15) is 0 Å². The van der Waals surface area contributed by atoms with E-state index in [0.717, 1.165) is 43.4 Å². The summed E-state index contributed by atoms with van der Waals surface area (Å²) in [5, 5.41) is 18.9. The molecule has 2 aliphatic carbocycles. The second-order valence-electron chi connectivity index (χ2n) is 6.82. The number of alkyl halides is 1. The Hall–Kier alpha value is 0.465. The Morgan fingerprint density at radius 3 is 2.00 bits per heavy atom. The third-order valence-corrected chi connectivity index (χ3v) is 6.78. The van der Waals surface area contributed by atoms with E-state index in [1.807, 2.05) is 0 Å². The van der Waals surface area contributed by atoms with Gasteiger partial charge in [0.2, 0.25) is 0 Å². The standard InChI is InChI=1S/C15H28BBrO2/c1-2-3-12-4-6-13(7-5-12)14-8-10-15(17,11-9-14)16(18)19/h12-14,18-19H,2-11H2,1H3. The lowest BCUT2D eigenvalue weighted by molar-refractivity contribution is 0.156. The van der Waals surface area contributed by atoms with E-state index in [0.29, 0.717) is 0 Å². The van der Waals surface area contributed by atoms with Crippen molar-refractivity contribution in [3.63, 3.8) is 0 Å². The molecule has 110 valence electrons. The first-order valence-corrected chi connectivity index (χ1v) is 8.89. The quantitative estimate of drug-likeness (QED) is 0.605. The predicted octanol–water partition coefficient (Wildman–Crippen LogP) is 3.93. The summed E-state index contributed by atoms with van der Waals surface area (Å²) in [6.45, 7) is 2.29. The van der Waals surface area contributed by atoms with E-state index >= 15 is 0 Å². The minimum absolute atomic E-state index is 0.428. The highest BCUT2D eigenvalue weighted by Gasteiger charge is 2.44. The molecule has 2 fully saturated rings. The van der Waals surface area contributed by atoms with Crippen LogP contribution >= 0.6 is 15.9 Å².